The molecule has 0 saturated carbocycles. The topological polar surface area (TPSA) is 59.0 Å². The van der Waals surface area contributed by atoms with E-state index in [0.717, 1.165) is 5.56 Å². The quantitative estimate of drug-likeness (QED) is 0.852. The highest BCUT2D eigenvalue weighted by atomic mass is 16.5. The van der Waals surface area contributed by atoms with Crippen molar-refractivity contribution in [3.63, 3.8) is 0 Å². The monoisotopic (exact) mass is 252 g/mol. The molecule has 0 amide bonds. The normalized spacial score (nSPS) is 9.95. The number of nitrogens with two attached hydrogens (primary N) is 1. The van der Waals surface area contributed by atoms with Crippen molar-refractivity contribution >= 4 is 5.69 Å². The molecule has 2 aromatic carbocycles. The Balaban J connectivity index is 2.22. The Morgan fingerprint density at radius 3 is 2.47 bits per heavy atom. The van der Waals surface area contributed by atoms with Crippen LogP contribution >= 0.6 is 0 Å². The van der Waals surface area contributed by atoms with Crippen molar-refractivity contribution in [2.24, 2.45) is 0 Å². The van der Waals surface area contributed by atoms with Crippen molar-refractivity contribution in [2.45, 2.75) is 20.5 Å². The molecule has 0 fully saturated rings. The molecule has 0 spiro atoms. The summed E-state index contributed by atoms with van der Waals surface area (Å²) in [5.41, 5.74) is 10.2. The van der Waals surface area contributed by atoms with Gasteiger partial charge in [-0.25, -0.2) is 0 Å². The second-order valence-corrected chi connectivity index (χ2v) is 4.53. The minimum atomic E-state index is 0.455. The van der Waals surface area contributed by atoms with Gasteiger partial charge in [-0.15, -0.1) is 0 Å². The number of nitrogens with zero attached hydrogens (tertiary/aromatic N) is 1. The highest BCUT2D eigenvalue weighted by Crippen LogP contribution is 2.23. The summed E-state index contributed by atoms with van der Waals surface area (Å²) in [6, 6.07) is 13.3. The van der Waals surface area contributed by atoms with E-state index in [9.17, 15) is 0 Å². The number of rotatable bonds is 3. The van der Waals surface area contributed by atoms with Gasteiger partial charge in [-0.2, -0.15) is 5.26 Å². The fourth-order valence-electron chi connectivity index (χ4n) is 1.99. The first-order valence-electron chi connectivity index (χ1n) is 6.09. The first-order valence-corrected chi connectivity index (χ1v) is 6.09. The Morgan fingerprint density at radius 2 is 1.84 bits per heavy atom. The summed E-state index contributed by atoms with van der Waals surface area (Å²) in [5, 5.41) is 9.06. The molecular formula is C16H16N2O. The SMILES string of the molecule is Cc1cccc(C)c1COc1ccc(N)cc1C#N. The van der Waals surface area contributed by atoms with Gasteiger partial charge in [0.2, 0.25) is 0 Å². The van der Waals surface area contributed by atoms with E-state index in [0.29, 0.717) is 23.6 Å². The molecule has 2 aromatic rings. The number of hydrogen-bond donors (Lipinski definition) is 1. The molecule has 0 bridgehead atoms. The van der Waals surface area contributed by atoms with Crippen molar-refractivity contribution in [2.75, 3.05) is 5.73 Å². The van der Waals surface area contributed by atoms with E-state index in [4.69, 9.17) is 15.7 Å². The Labute approximate surface area is 113 Å². The van der Waals surface area contributed by atoms with Gasteiger partial charge < -0.3 is 10.5 Å². The summed E-state index contributed by atoms with van der Waals surface area (Å²) in [6.07, 6.45) is 0. The lowest BCUT2D eigenvalue weighted by Gasteiger charge is -2.12. The van der Waals surface area contributed by atoms with E-state index in [2.05, 4.69) is 32.0 Å². The van der Waals surface area contributed by atoms with Crippen LogP contribution in [0.2, 0.25) is 0 Å². The van der Waals surface area contributed by atoms with Gasteiger partial charge >= 0.3 is 0 Å². The number of anilines is 1. The van der Waals surface area contributed by atoms with Crippen molar-refractivity contribution in [3.05, 3.63) is 58.7 Å². The minimum Gasteiger partial charge on any atom is -0.487 e. The lowest BCUT2D eigenvalue weighted by Crippen LogP contribution is -2.02. The zero-order valence-electron chi connectivity index (χ0n) is 11.1. The highest BCUT2D eigenvalue weighted by Gasteiger charge is 2.07. The van der Waals surface area contributed by atoms with Crippen LogP contribution in [0.3, 0.4) is 0 Å². The Hall–Kier alpha value is -2.47. The lowest BCUT2D eigenvalue weighted by molar-refractivity contribution is 0.304. The summed E-state index contributed by atoms with van der Waals surface area (Å²) in [6.45, 7) is 4.57. The smallest absolute Gasteiger partial charge is 0.137 e. The molecule has 0 radical (unpaired) electrons. The molecule has 0 aliphatic heterocycles. The van der Waals surface area contributed by atoms with Crippen LogP contribution in [0.1, 0.15) is 22.3 Å². The molecule has 3 heteroatoms. The molecule has 2 N–H and O–H groups in total. The zero-order chi connectivity index (χ0) is 13.8. The molecule has 0 aliphatic carbocycles. The molecule has 2 rings (SSSR count). The standard InChI is InChI=1S/C16H16N2O/c1-11-4-3-5-12(2)15(11)10-19-16-7-6-14(18)8-13(16)9-17/h3-8H,10,18H2,1-2H3. The van der Waals surface area contributed by atoms with Gasteiger partial charge in [0.1, 0.15) is 18.4 Å². The molecule has 96 valence electrons. The van der Waals surface area contributed by atoms with E-state index in [1.54, 1.807) is 18.2 Å². The van der Waals surface area contributed by atoms with Gasteiger partial charge in [0, 0.05) is 5.69 Å². The number of benzene rings is 2. The van der Waals surface area contributed by atoms with Crippen molar-refractivity contribution in [1.82, 2.24) is 0 Å². The summed E-state index contributed by atoms with van der Waals surface area (Å²) >= 11 is 0. The lowest BCUT2D eigenvalue weighted by atomic mass is 10.0. The fourth-order valence-corrected chi connectivity index (χ4v) is 1.99. The van der Waals surface area contributed by atoms with Gasteiger partial charge in [0.25, 0.3) is 0 Å². The van der Waals surface area contributed by atoms with E-state index in [1.165, 1.54) is 11.1 Å². The predicted octanol–water partition coefficient (Wildman–Crippen LogP) is 3.34. The van der Waals surface area contributed by atoms with Crippen LogP contribution in [-0.2, 0) is 6.61 Å². The summed E-state index contributed by atoms with van der Waals surface area (Å²) < 4.78 is 5.75. The fraction of sp³-hybridized carbons (Fsp3) is 0.188. The first kappa shape index (κ1) is 13.0. The zero-order valence-corrected chi connectivity index (χ0v) is 11.1. The maximum absolute atomic E-state index is 9.06. The Kier molecular flexibility index (Phi) is 3.72. The largest absolute Gasteiger partial charge is 0.487 e. The van der Waals surface area contributed by atoms with Gasteiger partial charge in [0.15, 0.2) is 0 Å². The molecular weight excluding hydrogens is 236 g/mol. The third kappa shape index (κ3) is 2.86. The summed E-state index contributed by atoms with van der Waals surface area (Å²) in [4.78, 5) is 0. The van der Waals surface area contributed by atoms with E-state index >= 15 is 0 Å². The molecule has 0 atom stereocenters. The first-order chi connectivity index (χ1) is 9.11. The van der Waals surface area contributed by atoms with E-state index in [1.807, 2.05) is 6.07 Å². The van der Waals surface area contributed by atoms with E-state index in [-0.39, 0.29) is 0 Å². The second kappa shape index (κ2) is 5.45. The number of ether oxygens (including phenoxy) is 1. The summed E-state index contributed by atoms with van der Waals surface area (Å²) in [7, 11) is 0. The van der Waals surface area contributed by atoms with Gasteiger partial charge in [-0.3, -0.25) is 0 Å². The van der Waals surface area contributed by atoms with Crippen LogP contribution in [-0.4, -0.2) is 0 Å². The Morgan fingerprint density at radius 1 is 1.16 bits per heavy atom. The van der Waals surface area contributed by atoms with Crippen molar-refractivity contribution in [3.8, 4) is 11.8 Å². The van der Waals surface area contributed by atoms with Crippen LogP contribution in [0.15, 0.2) is 36.4 Å². The van der Waals surface area contributed by atoms with Crippen LogP contribution in [0.25, 0.3) is 0 Å². The number of hydrogen-bond acceptors (Lipinski definition) is 3. The molecule has 19 heavy (non-hydrogen) atoms. The molecule has 0 heterocycles. The van der Waals surface area contributed by atoms with Gasteiger partial charge in [-0.05, 0) is 48.7 Å². The average molecular weight is 252 g/mol. The molecule has 0 saturated heterocycles. The van der Waals surface area contributed by atoms with Crippen LogP contribution in [0.4, 0.5) is 5.69 Å². The van der Waals surface area contributed by atoms with E-state index < -0.39 is 0 Å². The van der Waals surface area contributed by atoms with Crippen LogP contribution < -0.4 is 10.5 Å². The average Bonchev–Trinajstić information content (AvgIpc) is 2.39. The van der Waals surface area contributed by atoms with Crippen molar-refractivity contribution in [1.29, 1.82) is 5.26 Å². The molecule has 3 nitrogen and oxygen atoms in total. The highest BCUT2D eigenvalue weighted by molar-refractivity contribution is 5.53. The van der Waals surface area contributed by atoms with Crippen LogP contribution in [0, 0.1) is 25.2 Å². The number of nitrogen functional groups attached to an aromatic ring is 1. The second-order valence-electron chi connectivity index (χ2n) is 4.53. The third-order valence-corrected chi connectivity index (χ3v) is 3.14. The predicted molar refractivity (Wildman–Crippen MR) is 75.8 cm³/mol. The van der Waals surface area contributed by atoms with Gasteiger partial charge in [-0.1, -0.05) is 18.2 Å². The molecule has 0 aromatic heterocycles. The Bertz CT molecular complexity index is 621. The number of nitriles is 1. The maximum Gasteiger partial charge on any atom is 0.137 e. The summed E-state index contributed by atoms with van der Waals surface area (Å²) in [5.74, 6) is 0.569. The minimum absolute atomic E-state index is 0.455. The third-order valence-electron chi connectivity index (χ3n) is 3.14. The molecule has 0 aliphatic rings. The molecule has 0 unspecified atom stereocenters. The van der Waals surface area contributed by atoms with Gasteiger partial charge in [0.05, 0.1) is 5.56 Å². The van der Waals surface area contributed by atoms with Crippen molar-refractivity contribution < 1.29 is 4.74 Å². The maximum atomic E-state index is 9.06. The van der Waals surface area contributed by atoms with Crippen LogP contribution in [0.5, 0.6) is 5.75 Å². The number of aryl methyl sites for hydroxylation is 2.